The van der Waals surface area contributed by atoms with E-state index in [4.69, 9.17) is 0 Å². The molecule has 0 saturated heterocycles. The van der Waals surface area contributed by atoms with Crippen LogP contribution in [-0.4, -0.2) is 29.9 Å². The highest BCUT2D eigenvalue weighted by atomic mass is 16.5. The van der Waals surface area contributed by atoms with Gasteiger partial charge in [0.25, 0.3) is 0 Å². The number of aromatic hydroxyl groups is 1. The molecule has 1 rings (SSSR count). The Balaban J connectivity index is 3.42. The number of esters is 1. The van der Waals surface area contributed by atoms with E-state index < -0.39 is 5.97 Å². The molecule has 4 nitrogen and oxygen atoms in total. The molecule has 0 bridgehead atoms. The van der Waals surface area contributed by atoms with Gasteiger partial charge in [-0.2, -0.15) is 0 Å². The maximum atomic E-state index is 11.6. The number of carbonyl (C=O) groups is 1. The summed E-state index contributed by atoms with van der Waals surface area (Å²) in [5.74, 6) is -0.631. The van der Waals surface area contributed by atoms with Crippen LogP contribution in [0.25, 0.3) is 0 Å². The summed E-state index contributed by atoms with van der Waals surface area (Å²) in [4.78, 5) is 16.0. The SMILES string of the molecule is COC(=O)c1cc(C)c(C)c(C=NC(C)(C)C)c1O. The second kappa shape index (κ2) is 5.43. The Morgan fingerprint density at radius 3 is 2.42 bits per heavy atom. The molecule has 0 amide bonds. The van der Waals surface area contributed by atoms with Crippen molar-refractivity contribution in [3.63, 3.8) is 0 Å². The fourth-order valence-corrected chi connectivity index (χ4v) is 1.61. The van der Waals surface area contributed by atoms with Crippen molar-refractivity contribution in [1.82, 2.24) is 0 Å². The smallest absolute Gasteiger partial charge is 0.341 e. The monoisotopic (exact) mass is 263 g/mol. The first-order valence-corrected chi connectivity index (χ1v) is 6.14. The van der Waals surface area contributed by atoms with E-state index in [0.717, 1.165) is 11.1 Å². The third kappa shape index (κ3) is 3.56. The lowest BCUT2D eigenvalue weighted by atomic mass is 9.98. The van der Waals surface area contributed by atoms with Crippen LogP contribution >= 0.6 is 0 Å². The summed E-state index contributed by atoms with van der Waals surface area (Å²) < 4.78 is 4.67. The number of carbonyl (C=O) groups excluding carboxylic acids is 1. The number of rotatable bonds is 2. The second-order valence-corrected chi connectivity index (χ2v) is 5.55. The number of nitrogens with zero attached hydrogens (tertiary/aromatic N) is 1. The molecule has 0 aromatic heterocycles. The number of hydrogen-bond donors (Lipinski definition) is 1. The van der Waals surface area contributed by atoms with Crippen LogP contribution in [0.4, 0.5) is 0 Å². The molecule has 19 heavy (non-hydrogen) atoms. The fourth-order valence-electron chi connectivity index (χ4n) is 1.61. The predicted molar refractivity (Wildman–Crippen MR) is 76.3 cm³/mol. The number of aliphatic imine (C=N–C) groups is 1. The Morgan fingerprint density at radius 2 is 1.95 bits per heavy atom. The zero-order valence-electron chi connectivity index (χ0n) is 12.4. The molecule has 1 aromatic rings. The first-order chi connectivity index (χ1) is 8.67. The molecule has 0 radical (unpaired) electrons. The van der Waals surface area contributed by atoms with Crippen LogP contribution in [-0.2, 0) is 4.74 Å². The van der Waals surface area contributed by atoms with Crippen LogP contribution in [0.15, 0.2) is 11.1 Å². The van der Waals surface area contributed by atoms with Crippen molar-refractivity contribution < 1.29 is 14.6 Å². The van der Waals surface area contributed by atoms with Crippen molar-refractivity contribution in [3.05, 3.63) is 28.3 Å². The summed E-state index contributed by atoms with van der Waals surface area (Å²) in [7, 11) is 1.29. The summed E-state index contributed by atoms with van der Waals surface area (Å²) in [6.45, 7) is 9.67. The van der Waals surface area contributed by atoms with Gasteiger partial charge >= 0.3 is 5.97 Å². The number of benzene rings is 1. The molecule has 0 unspecified atom stereocenters. The maximum Gasteiger partial charge on any atom is 0.341 e. The van der Waals surface area contributed by atoms with Crippen LogP contribution in [0.2, 0.25) is 0 Å². The molecule has 0 aliphatic rings. The van der Waals surface area contributed by atoms with Crippen LogP contribution in [0, 0.1) is 13.8 Å². The third-order valence-corrected chi connectivity index (χ3v) is 2.85. The summed E-state index contributed by atoms with van der Waals surface area (Å²) in [5.41, 5.74) is 2.30. The summed E-state index contributed by atoms with van der Waals surface area (Å²) >= 11 is 0. The molecule has 4 heteroatoms. The van der Waals surface area contributed by atoms with E-state index >= 15 is 0 Å². The van der Waals surface area contributed by atoms with Gasteiger partial charge in [0.05, 0.1) is 12.6 Å². The van der Waals surface area contributed by atoms with Crippen LogP contribution in [0.1, 0.15) is 47.8 Å². The van der Waals surface area contributed by atoms with Gasteiger partial charge in [0, 0.05) is 11.8 Å². The zero-order valence-corrected chi connectivity index (χ0v) is 12.4. The Labute approximate surface area is 114 Å². The Morgan fingerprint density at radius 1 is 1.37 bits per heavy atom. The van der Waals surface area contributed by atoms with Crippen LogP contribution in [0.5, 0.6) is 5.75 Å². The molecular weight excluding hydrogens is 242 g/mol. The van der Waals surface area contributed by atoms with Crippen LogP contribution < -0.4 is 0 Å². The highest BCUT2D eigenvalue weighted by Crippen LogP contribution is 2.28. The minimum atomic E-state index is -0.550. The Bertz CT molecular complexity index is 525. The minimum Gasteiger partial charge on any atom is -0.506 e. The van der Waals surface area contributed by atoms with E-state index in [1.54, 1.807) is 12.3 Å². The van der Waals surface area contributed by atoms with Crippen LogP contribution in [0.3, 0.4) is 0 Å². The van der Waals surface area contributed by atoms with Gasteiger partial charge < -0.3 is 9.84 Å². The normalized spacial score (nSPS) is 11.9. The Hall–Kier alpha value is -1.84. The predicted octanol–water partition coefficient (Wildman–Crippen LogP) is 3.01. The number of methoxy groups -OCH3 is 1. The van der Waals surface area contributed by atoms with Gasteiger partial charge in [0.15, 0.2) is 0 Å². The van der Waals surface area contributed by atoms with Crippen molar-refractivity contribution in [2.24, 2.45) is 4.99 Å². The van der Waals surface area contributed by atoms with Gasteiger partial charge in [-0.3, -0.25) is 4.99 Å². The summed E-state index contributed by atoms with van der Waals surface area (Å²) in [5, 5.41) is 10.2. The molecule has 0 saturated carbocycles. The zero-order chi connectivity index (χ0) is 14.8. The second-order valence-electron chi connectivity index (χ2n) is 5.55. The van der Waals surface area contributed by atoms with Crippen molar-refractivity contribution in [2.45, 2.75) is 40.2 Å². The number of ether oxygens (including phenoxy) is 1. The van der Waals surface area contributed by atoms with E-state index in [1.807, 2.05) is 34.6 Å². The topological polar surface area (TPSA) is 58.9 Å². The first kappa shape index (κ1) is 15.2. The minimum absolute atomic E-state index is 0.0806. The van der Waals surface area contributed by atoms with Crippen molar-refractivity contribution >= 4 is 12.2 Å². The number of phenolic OH excluding ortho intramolecular Hbond substituents is 1. The lowest BCUT2D eigenvalue weighted by molar-refractivity contribution is 0.0597. The van der Waals surface area contributed by atoms with E-state index in [2.05, 4.69) is 9.73 Å². The van der Waals surface area contributed by atoms with Gasteiger partial charge in [0.2, 0.25) is 0 Å². The first-order valence-electron chi connectivity index (χ1n) is 6.14. The van der Waals surface area contributed by atoms with Crippen molar-refractivity contribution in [3.8, 4) is 5.75 Å². The molecule has 0 heterocycles. The molecule has 0 atom stereocenters. The molecule has 1 aromatic carbocycles. The third-order valence-electron chi connectivity index (χ3n) is 2.85. The largest absolute Gasteiger partial charge is 0.506 e. The van der Waals surface area contributed by atoms with E-state index in [0.29, 0.717) is 5.56 Å². The van der Waals surface area contributed by atoms with Gasteiger partial charge in [-0.15, -0.1) is 0 Å². The maximum absolute atomic E-state index is 11.6. The van der Waals surface area contributed by atoms with Gasteiger partial charge in [-0.25, -0.2) is 4.79 Å². The van der Waals surface area contributed by atoms with Crippen molar-refractivity contribution in [2.75, 3.05) is 7.11 Å². The number of phenols is 1. The summed E-state index contributed by atoms with van der Waals surface area (Å²) in [6.07, 6.45) is 1.62. The van der Waals surface area contributed by atoms with Gasteiger partial charge in [-0.05, 0) is 51.8 Å². The quantitative estimate of drug-likeness (QED) is 0.659. The summed E-state index contributed by atoms with van der Waals surface area (Å²) in [6, 6.07) is 1.63. The lowest BCUT2D eigenvalue weighted by Crippen LogP contribution is -2.11. The van der Waals surface area contributed by atoms with Crippen molar-refractivity contribution in [1.29, 1.82) is 0 Å². The van der Waals surface area contributed by atoms with E-state index in [1.165, 1.54) is 7.11 Å². The number of hydrogen-bond acceptors (Lipinski definition) is 4. The molecule has 1 N–H and O–H groups in total. The average Bonchev–Trinajstić information content (AvgIpc) is 2.31. The molecule has 0 aliphatic carbocycles. The Kier molecular flexibility index (Phi) is 4.35. The highest BCUT2D eigenvalue weighted by Gasteiger charge is 2.18. The molecular formula is C15H21NO3. The van der Waals surface area contributed by atoms with Gasteiger partial charge in [0.1, 0.15) is 11.3 Å². The molecule has 0 spiro atoms. The van der Waals surface area contributed by atoms with E-state index in [9.17, 15) is 9.90 Å². The van der Waals surface area contributed by atoms with Gasteiger partial charge in [-0.1, -0.05) is 0 Å². The molecule has 0 fully saturated rings. The number of aryl methyl sites for hydroxylation is 1. The molecule has 104 valence electrons. The molecule has 0 aliphatic heterocycles. The average molecular weight is 263 g/mol. The fraction of sp³-hybridized carbons (Fsp3) is 0.467. The van der Waals surface area contributed by atoms with E-state index in [-0.39, 0.29) is 16.9 Å². The lowest BCUT2D eigenvalue weighted by Gasteiger charge is -2.14. The standard InChI is InChI=1S/C15H21NO3/c1-9-7-11(14(18)19-6)13(17)12(10(9)2)8-16-15(3,4)5/h7-8,17H,1-6H3. The highest BCUT2D eigenvalue weighted by molar-refractivity contribution is 5.98.